The second-order valence-electron chi connectivity index (χ2n) is 8.93. The Morgan fingerprint density at radius 2 is 1.21 bits per heavy atom. The van der Waals surface area contributed by atoms with E-state index in [1.54, 1.807) is 0 Å². The van der Waals surface area contributed by atoms with Crippen LogP contribution in [0.25, 0.3) is 11.1 Å². The minimum absolute atomic E-state index is 0.0975. The highest BCUT2D eigenvalue weighted by Crippen LogP contribution is 2.44. The number of alkyl carbamates (subject to hydrolysis) is 1. The van der Waals surface area contributed by atoms with Crippen LogP contribution >= 0.6 is 0 Å². The molecular weight excluding hydrogens is 414 g/mol. The van der Waals surface area contributed by atoms with Gasteiger partial charge in [-0.3, -0.25) is 4.79 Å². The van der Waals surface area contributed by atoms with Crippen molar-refractivity contribution in [2.75, 3.05) is 13.2 Å². The maximum Gasteiger partial charge on any atom is 0.407 e. The third-order valence-electron chi connectivity index (χ3n) is 6.43. The molecule has 178 valence electrons. The molecule has 0 spiro atoms. The minimum Gasteiger partial charge on any atom is -0.481 e. The molecule has 3 rings (SSSR count). The highest BCUT2D eigenvalue weighted by Gasteiger charge is 2.28. The van der Waals surface area contributed by atoms with Crippen LogP contribution in [0.3, 0.4) is 0 Å². The van der Waals surface area contributed by atoms with Crippen LogP contribution in [0.1, 0.15) is 87.7 Å². The van der Waals surface area contributed by atoms with Crippen molar-refractivity contribution >= 4 is 12.1 Å². The van der Waals surface area contributed by atoms with Crippen molar-refractivity contribution in [2.24, 2.45) is 0 Å². The lowest BCUT2D eigenvalue weighted by Gasteiger charge is -2.14. The molecular formula is C28H37NO4. The lowest BCUT2D eigenvalue weighted by Crippen LogP contribution is -2.27. The molecule has 1 amide bonds. The summed E-state index contributed by atoms with van der Waals surface area (Å²) in [7, 11) is 0. The van der Waals surface area contributed by atoms with Gasteiger partial charge >= 0.3 is 12.1 Å². The van der Waals surface area contributed by atoms with E-state index < -0.39 is 5.97 Å². The molecule has 2 aromatic rings. The van der Waals surface area contributed by atoms with Crippen LogP contribution in [0.5, 0.6) is 0 Å². The van der Waals surface area contributed by atoms with Crippen LogP contribution in [0.15, 0.2) is 48.5 Å². The van der Waals surface area contributed by atoms with Gasteiger partial charge in [-0.25, -0.2) is 4.79 Å². The molecule has 1 aliphatic carbocycles. The zero-order valence-corrected chi connectivity index (χ0v) is 19.6. The summed E-state index contributed by atoms with van der Waals surface area (Å²) in [6.07, 6.45) is 11.1. The largest absolute Gasteiger partial charge is 0.481 e. The molecule has 0 fully saturated rings. The first-order valence-corrected chi connectivity index (χ1v) is 12.5. The summed E-state index contributed by atoms with van der Waals surface area (Å²) >= 11 is 0. The summed E-state index contributed by atoms with van der Waals surface area (Å²) in [4.78, 5) is 22.6. The maximum atomic E-state index is 12.2. The molecule has 0 radical (unpaired) electrons. The number of carbonyl (C=O) groups excluding carboxylic acids is 1. The number of nitrogens with one attached hydrogen (secondary N) is 1. The molecule has 1 aliphatic rings. The van der Waals surface area contributed by atoms with Gasteiger partial charge in [-0.2, -0.15) is 0 Å². The van der Waals surface area contributed by atoms with Crippen molar-refractivity contribution in [2.45, 2.75) is 76.5 Å². The van der Waals surface area contributed by atoms with E-state index in [9.17, 15) is 9.59 Å². The predicted molar refractivity (Wildman–Crippen MR) is 131 cm³/mol. The number of carbonyl (C=O) groups is 2. The predicted octanol–water partition coefficient (Wildman–Crippen LogP) is 6.90. The number of hydrogen-bond donors (Lipinski definition) is 2. The van der Waals surface area contributed by atoms with E-state index in [4.69, 9.17) is 9.84 Å². The van der Waals surface area contributed by atoms with E-state index in [-0.39, 0.29) is 12.0 Å². The van der Waals surface area contributed by atoms with Gasteiger partial charge in [0, 0.05) is 18.9 Å². The van der Waals surface area contributed by atoms with Crippen LogP contribution in [0, 0.1) is 0 Å². The van der Waals surface area contributed by atoms with Crippen LogP contribution in [0.4, 0.5) is 4.79 Å². The Labute approximate surface area is 197 Å². The molecule has 0 heterocycles. The standard InChI is InChI=1S/C28H37NO4/c30-27(31)19-9-7-5-3-1-2-4-6-8-14-20-29-28(32)33-21-26-24-17-12-10-15-22(24)23-16-11-13-18-25(23)26/h10-13,15-18,26H,1-9,14,19-21H2,(H,29,32)(H,30,31). The van der Waals surface area contributed by atoms with E-state index in [0.29, 0.717) is 19.6 Å². The van der Waals surface area contributed by atoms with E-state index in [1.165, 1.54) is 54.4 Å². The van der Waals surface area contributed by atoms with Gasteiger partial charge in [-0.15, -0.1) is 0 Å². The molecule has 33 heavy (non-hydrogen) atoms. The second-order valence-corrected chi connectivity index (χ2v) is 8.93. The zero-order valence-electron chi connectivity index (χ0n) is 19.6. The molecule has 2 aromatic carbocycles. The molecule has 0 saturated carbocycles. The summed E-state index contributed by atoms with van der Waals surface area (Å²) in [6, 6.07) is 16.7. The number of ether oxygens (including phenoxy) is 1. The molecule has 0 bridgehead atoms. The van der Waals surface area contributed by atoms with Gasteiger partial charge in [-0.05, 0) is 35.1 Å². The normalized spacial score (nSPS) is 12.2. The fourth-order valence-corrected chi connectivity index (χ4v) is 4.66. The third-order valence-corrected chi connectivity index (χ3v) is 6.43. The fourth-order valence-electron chi connectivity index (χ4n) is 4.66. The molecule has 2 N–H and O–H groups in total. The minimum atomic E-state index is -0.692. The van der Waals surface area contributed by atoms with Crippen molar-refractivity contribution < 1.29 is 19.4 Å². The first-order valence-electron chi connectivity index (χ1n) is 12.5. The summed E-state index contributed by atoms with van der Waals surface area (Å²) in [6.45, 7) is 1.01. The Hall–Kier alpha value is -2.82. The Morgan fingerprint density at radius 3 is 1.76 bits per heavy atom. The van der Waals surface area contributed by atoms with Crippen LogP contribution < -0.4 is 5.32 Å². The number of benzene rings is 2. The molecule has 0 aliphatic heterocycles. The van der Waals surface area contributed by atoms with Gasteiger partial charge in [0.1, 0.15) is 6.61 Å². The van der Waals surface area contributed by atoms with Gasteiger partial charge in [-0.1, -0.05) is 99.9 Å². The van der Waals surface area contributed by atoms with Gasteiger partial charge in [0.05, 0.1) is 0 Å². The van der Waals surface area contributed by atoms with Gasteiger partial charge < -0.3 is 15.2 Å². The van der Waals surface area contributed by atoms with E-state index >= 15 is 0 Å². The number of amides is 1. The number of fused-ring (bicyclic) bond motifs is 3. The van der Waals surface area contributed by atoms with Crippen molar-refractivity contribution in [3.05, 3.63) is 59.7 Å². The first kappa shape index (κ1) is 24.8. The van der Waals surface area contributed by atoms with Crippen molar-refractivity contribution in [1.82, 2.24) is 5.32 Å². The van der Waals surface area contributed by atoms with Crippen molar-refractivity contribution in [1.29, 1.82) is 0 Å². The van der Waals surface area contributed by atoms with Gasteiger partial charge in [0.25, 0.3) is 0 Å². The number of unbranched alkanes of at least 4 members (excludes halogenated alkanes) is 9. The number of hydrogen-bond acceptors (Lipinski definition) is 3. The summed E-state index contributed by atoms with van der Waals surface area (Å²) < 4.78 is 5.57. The summed E-state index contributed by atoms with van der Waals surface area (Å²) in [5.41, 5.74) is 4.93. The van der Waals surface area contributed by atoms with E-state index in [0.717, 1.165) is 32.1 Å². The molecule has 0 atom stereocenters. The Bertz CT molecular complexity index is 849. The molecule has 0 unspecified atom stereocenters. The van der Waals surface area contributed by atoms with Crippen LogP contribution in [-0.4, -0.2) is 30.3 Å². The first-order chi connectivity index (χ1) is 16.2. The SMILES string of the molecule is O=C(O)CCCCCCCCCCCCNC(=O)OCC1c2ccccc2-c2ccccc21. The van der Waals surface area contributed by atoms with Gasteiger partial charge in [0.15, 0.2) is 0 Å². The topological polar surface area (TPSA) is 75.6 Å². The monoisotopic (exact) mass is 451 g/mol. The number of carboxylic acids is 1. The highest BCUT2D eigenvalue weighted by molar-refractivity contribution is 5.79. The van der Waals surface area contributed by atoms with Crippen molar-refractivity contribution in [3.8, 4) is 11.1 Å². The molecule has 0 saturated heterocycles. The van der Waals surface area contributed by atoms with Crippen molar-refractivity contribution in [3.63, 3.8) is 0 Å². The fraction of sp³-hybridized carbons (Fsp3) is 0.500. The van der Waals surface area contributed by atoms with Crippen LogP contribution in [-0.2, 0) is 9.53 Å². The lowest BCUT2D eigenvalue weighted by atomic mass is 9.98. The second kappa shape index (κ2) is 13.7. The summed E-state index contributed by atoms with van der Waals surface area (Å²) in [5.74, 6) is -0.594. The van der Waals surface area contributed by atoms with E-state index in [2.05, 4.69) is 41.7 Å². The number of carboxylic acid groups (broad SMARTS) is 1. The average Bonchev–Trinajstić information content (AvgIpc) is 3.14. The third kappa shape index (κ3) is 7.92. The number of rotatable bonds is 15. The molecule has 0 aromatic heterocycles. The average molecular weight is 452 g/mol. The number of aliphatic carboxylic acids is 1. The molecule has 5 nitrogen and oxygen atoms in total. The smallest absolute Gasteiger partial charge is 0.407 e. The summed E-state index contributed by atoms with van der Waals surface area (Å²) in [5, 5.41) is 11.5. The molecule has 5 heteroatoms. The highest BCUT2D eigenvalue weighted by atomic mass is 16.5. The maximum absolute atomic E-state index is 12.2. The van der Waals surface area contributed by atoms with Gasteiger partial charge in [0.2, 0.25) is 0 Å². The Balaban J connectivity index is 1.21. The zero-order chi connectivity index (χ0) is 23.3. The Morgan fingerprint density at radius 1 is 0.727 bits per heavy atom. The quantitative estimate of drug-likeness (QED) is 0.289. The lowest BCUT2D eigenvalue weighted by molar-refractivity contribution is -0.137. The van der Waals surface area contributed by atoms with Crippen LogP contribution in [0.2, 0.25) is 0 Å². The Kier molecular flexibility index (Phi) is 10.3. The van der Waals surface area contributed by atoms with E-state index in [1.807, 2.05) is 12.1 Å².